The van der Waals surface area contributed by atoms with Crippen molar-refractivity contribution in [2.45, 2.75) is 37.7 Å². The third kappa shape index (κ3) is 1.46. The average molecular weight is 257 g/mol. The normalized spacial score (nSPS) is 35.2. The molecule has 2 fully saturated rings. The minimum Gasteiger partial charge on any atom is -0.435 e. The van der Waals surface area contributed by atoms with Crippen LogP contribution in [0.2, 0.25) is 0 Å². The lowest BCUT2D eigenvalue weighted by molar-refractivity contribution is -0.125. The highest BCUT2D eigenvalue weighted by molar-refractivity contribution is 6.00. The Morgan fingerprint density at radius 1 is 1.21 bits per heavy atom. The number of imide groups is 1. The number of carbonyl (C=O) groups is 2. The Balaban J connectivity index is 1.78. The number of aryl methyl sites for hydroxylation is 1. The fraction of sp³-hybridized carbons (Fsp3) is 0.467. The molecule has 5 rings (SSSR count). The Kier molecular flexibility index (Phi) is 2.08. The standard InChI is InChI=1S/C15H15NO3/c1-7-2-3-10-11(4-7)8-5-9(6-8)12(10)13-14(17)16-15(18)19-13/h2-4,8-9,12-13H,5-6H2,1H3,(H,16,17,18)/t8?,9?,12-,13?/m1/s1. The van der Waals surface area contributed by atoms with Gasteiger partial charge in [-0.25, -0.2) is 4.79 Å². The zero-order chi connectivity index (χ0) is 13.1. The minimum atomic E-state index is -0.639. The van der Waals surface area contributed by atoms with E-state index >= 15 is 0 Å². The van der Waals surface area contributed by atoms with Gasteiger partial charge in [0.15, 0.2) is 6.10 Å². The van der Waals surface area contributed by atoms with Gasteiger partial charge in [-0.3, -0.25) is 10.1 Å². The molecule has 1 aliphatic heterocycles. The van der Waals surface area contributed by atoms with Crippen molar-refractivity contribution >= 4 is 12.0 Å². The van der Waals surface area contributed by atoms with Crippen LogP contribution in [0.4, 0.5) is 4.79 Å². The molecule has 1 aromatic carbocycles. The Morgan fingerprint density at radius 2 is 2.00 bits per heavy atom. The van der Waals surface area contributed by atoms with E-state index in [0.717, 1.165) is 12.8 Å². The maximum absolute atomic E-state index is 11.9. The number of ether oxygens (including phenoxy) is 1. The average Bonchev–Trinajstić information content (AvgIpc) is 2.65. The van der Waals surface area contributed by atoms with Gasteiger partial charge in [-0.15, -0.1) is 0 Å². The molecule has 1 saturated carbocycles. The maximum Gasteiger partial charge on any atom is 0.414 e. The van der Waals surface area contributed by atoms with Gasteiger partial charge >= 0.3 is 6.09 Å². The minimum absolute atomic E-state index is 0.0343. The summed E-state index contributed by atoms with van der Waals surface area (Å²) in [6, 6.07) is 6.40. The largest absolute Gasteiger partial charge is 0.435 e. The highest BCUT2D eigenvalue weighted by atomic mass is 16.6. The van der Waals surface area contributed by atoms with Gasteiger partial charge in [-0.05, 0) is 42.7 Å². The van der Waals surface area contributed by atoms with Gasteiger partial charge in [0.25, 0.3) is 5.91 Å². The molecule has 0 aromatic heterocycles. The molecule has 98 valence electrons. The summed E-state index contributed by atoms with van der Waals surface area (Å²) in [5.74, 6) is 0.858. The van der Waals surface area contributed by atoms with Crippen molar-refractivity contribution in [2.75, 3.05) is 0 Å². The van der Waals surface area contributed by atoms with Gasteiger partial charge in [0.1, 0.15) is 0 Å². The van der Waals surface area contributed by atoms with Crippen LogP contribution in [0.1, 0.15) is 41.4 Å². The molecule has 4 heteroatoms. The van der Waals surface area contributed by atoms with Gasteiger partial charge < -0.3 is 4.74 Å². The number of cyclic esters (lactones) is 1. The van der Waals surface area contributed by atoms with Gasteiger partial charge in [0.05, 0.1) is 0 Å². The lowest BCUT2D eigenvalue weighted by Gasteiger charge is -2.48. The second-order valence-electron chi connectivity index (χ2n) is 5.90. The predicted octanol–water partition coefficient (Wildman–Crippen LogP) is 2.22. The Morgan fingerprint density at radius 3 is 2.68 bits per heavy atom. The highest BCUT2D eigenvalue weighted by Gasteiger charge is 2.51. The lowest BCUT2D eigenvalue weighted by Crippen LogP contribution is -2.43. The fourth-order valence-corrected chi connectivity index (χ4v) is 3.83. The molecule has 1 unspecified atom stereocenters. The molecule has 19 heavy (non-hydrogen) atoms. The molecule has 2 amide bonds. The highest BCUT2D eigenvalue weighted by Crippen LogP contribution is 2.57. The quantitative estimate of drug-likeness (QED) is 0.839. The molecule has 1 N–H and O–H groups in total. The van der Waals surface area contributed by atoms with Crippen LogP contribution in [-0.4, -0.2) is 18.1 Å². The molecule has 2 bridgehead atoms. The predicted molar refractivity (Wildman–Crippen MR) is 67.8 cm³/mol. The third-order valence-corrected chi connectivity index (χ3v) is 4.77. The number of carbonyl (C=O) groups excluding carboxylic acids is 2. The van der Waals surface area contributed by atoms with Crippen LogP contribution < -0.4 is 5.32 Å². The van der Waals surface area contributed by atoms with Crippen molar-refractivity contribution in [3.63, 3.8) is 0 Å². The zero-order valence-corrected chi connectivity index (χ0v) is 10.7. The summed E-state index contributed by atoms with van der Waals surface area (Å²) in [4.78, 5) is 23.1. The first-order chi connectivity index (χ1) is 9.13. The van der Waals surface area contributed by atoms with Crippen molar-refractivity contribution < 1.29 is 14.3 Å². The van der Waals surface area contributed by atoms with Gasteiger partial charge in [-0.2, -0.15) is 0 Å². The number of alkyl carbamates (subject to hydrolysis) is 1. The molecule has 4 aliphatic rings. The van der Waals surface area contributed by atoms with Crippen molar-refractivity contribution in [2.24, 2.45) is 5.92 Å². The molecule has 0 spiro atoms. The first-order valence-electron chi connectivity index (χ1n) is 6.75. The summed E-state index contributed by atoms with van der Waals surface area (Å²) >= 11 is 0. The Labute approximate surface area is 111 Å². The number of hydrogen-bond donors (Lipinski definition) is 1. The number of amides is 2. The second kappa shape index (κ2) is 3.59. The van der Waals surface area contributed by atoms with Gasteiger partial charge in [-0.1, -0.05) is 23.8 Å². The summed E-state index contributed by atoms with van der Waals surface area (Å²) in [7, 11) is 0. The maximum atomic E-state index is 11.9. The summed E-state index contributed by atoms with van der Waals surface area (Å²) < 4.78 is 5.20. The molecular weight excluding hydrogens is 242 g/mol. The summed E-state index contributed by atoms with van der Waals surface area (Å²) in [6.07, 6.45) is 0.982. The van der Waals surface area contributed by atoms with Gasteiger partial charge in [0, 0.05) is 5.92 Å². The fourth-order valence-electron chi connectivity index (χ4n) is 3.83. The molecule has 1 heterocycles. The molecule has 4 nitrogen and oxygen atoms in total. The monoisotopic (exact) mass is 257 g/mol. The van der Waals surface area contributed by atoms with Crippen molar-refractivity contribution in [3.05, 3.63) is 34.9 Å². The molecule has 1 saturated heterocycles. The topological polar surface area (TPSA) is 55.4 Å². The van der Waals surface area contributed by atoms with Crippen LogP contribution in [0.3, 0.4) is 0 Å². The van der Waals surface area contributed by atoms with Crippen molar-refractivity contribution in [1.82, 2.24) is 5.32 Å². The summed E-state index contributed by atoms with van der Waals surface area (Å²) in [6.45, 7) is 2.09. The lowest BCUT2D eigenvalue weighted by atomic mass is 9.56. The third-order valence-electron chi connectivity index (χ3n) is 4.77. The number of nitrogens with one attached hydrogen (secondary N) is 1. The first kappa shape index (κ1) is 11.0. The van der Waals surface area contributed by atoms with Crippen molar-refractivity contribution in [3.8, 4) is 0 Å². The summed E-state index contributed by atoms with van der Waals surface area (Å²) in [5.41, 5.74) is 3.80. The molecule has 0 radical (unpaired) electrons. The smallest absolute Gasteiger partial charge is 0.414 e. The molecule has 1 aromatic rings. The van der Waals surface area contributed by atoms with Crippen LogP contribution in [0, 0.1) is 12.8 Å². The SMILES string of the molecule is Cc1ccc2c(c1)C1CC(C1)[C@H]2C1OC(=O)NC1=O. The van der Waals surface area contributed by atoms with E-state index in [2.05, 4.69) is 30.4 Å². The molecule has 3 aliphatic carbocycles. The van der Waals surface area contributed by atoms with Crippen LogP contribution >= 0.6 is 0 Å². The van der Waals surface area contributed by atoms with E-state index in [1.807, 2.05) is 0 Å². The van der Waals surface area contributed by atoms with Gasteiger partial charge in [0.2, 0.25) is 0 Å². The number of hydrogen-bond acceptors (Lipinski definition) is 3. The number of benzene rings is 1. The summed E-state index contributed by atoms with van der Waals surface area (Å²) in [5, 5.41) is 2.24. The van der Waals surface area contributed by atoms with Crippen LogP contribution in [-0.2, 0) is 9.53 Å². The first-order valence-corrected chi connectivity index (χ1v) is 6.75. The van der Waals surface area contributed by atoms with Crippen molar-refractivity contribution in [1.29, 1.82) is 0 Å². The second-order valence-corrected chi connectivity index (χ2v) is 5.90. The van der Waals surface area contributed by atoms with E-state index in [1.54, 1.807) is 0 Å². The van der Waals surface area contributed by atoms with Crippen LogP contribution in [0.15, 0.2) is 18.2 Å². The Bertz CT molecular complexity index is 589. The van der Waals surface area contributed by atoms with Crippen LogP contribution in [0.25, 0.3) is 0 Å². The van der Waals surface area contributed by atoms with E-state index in [9.17, 15) is 9.59 Å². The van der Waals surface area contributed by atoms with Crippen LogP contribution in [0.5, 0.6) is 0 Å². The molecule has 2 atom stereocenters. The van der Waals surface area contributed by atoms with E-state index in [4.69, 9.17) is 4.74 Å². The van der Waals surface area contributed by atoms with E-state index in [-0.39, 0.29) is 11.8 Å². The zero-order valence-electron chi connectivity index (χ0n) is 10.7. The van der Waals surface area contributed by atoms with E-state index in [1.165, 1.54) is 16.7 Å². The Hall–Kier alpha value is -1.84. The van der Waals surface area contributed by atoms with E-state index < -0.39 is 12.2 Å². The van der Waals surface area contributed by atoms with E-state index in [0.29, 0.717) is 11.8 Å². The number of rotatable bonds is 1. The molecular formula is C15H15NO3.